The predicted octanol–water partition coefficient (Wildman–Crippen LogP) is 3.99. The SMILES string of the molecule is CSc1cn(-c2ncc(-c3cccc(C)n3)cn2)c2cc(C(=O)N3CCOCC3)ccc12. The molecule has 1 aliphatic heterocycles. The number of carbonyl (C=O) groups excluding carboxylic acids is 1. The average molecular weight is 446 g/mol. The van der Waals surface area contributed by atoms with Gasteiger partial charge < -0.3 is 9.64 Å². The highest BCUT2D eigenvalue weighted by Crippen LogP contribution is 2.31. The van der Waals surface area contributed by atoms with E-state index in [0.717, 1.165) is 32.7 Å². The fourth-order valence-corrected chi connectivity index (χ4v) is 4.49. The van der Waals surface area contributed by atoms with E-state index in [4.69, 9.17) is 4.74 Å². The Morgan fingerprint density at radius 2 is 1.88 bits per heavy atom. The molecule has 3 aromatic heterocycles. The highest BCUT2D eigenvalue weighted by molar-refractivity contribution is 7.98. The minimum absolute atomic E-state index is 0.0236. The Morgan fingerprint density at radius 3 is 2.59 bits per heavy atom. The molecule has 0 spiro atoms. The van der Waals surface area contributed by atoms with Gasteiger partial charge in [0.2, 0.25) is 5.95 Å². The molecule has 0 aliphatic carbocycles. The number of fused-ring (bicyclic) bond motifs is 1. The molecule has 1 saturated heterocycles. The van der Waals surface area contributed by atoms with Gasteiger partial charge >= 0.3 is 0 Å². The first-order chi connectivity index (χ1) is 15.6. The molecule has 7 nitrogen and oxygen atoms in total. The molecule has 1 aromatic carbocycles. The fraction of sp³-hybridized carbons (Fsp3) is 0.250. The molecule has 4 heterocycles. The van der Waals surface area contributed by atoms with Crippen LogP contribution in [0.4, 0.5) is 0 Å². The molecule has 0 N–H and O–H groups in total. The van der Waals surface area contributed by atoms with Gasteiger partial charge in [-0.15, -0.1) is 11.8 Å². The van der Waals surface area contributed by atoms with Gasteiger partial charge in [0.25, 0.3) is 5.91 Å². The van der Waals surface area contributed by atoms with Gasteiger partial charge in [0.05, 0.1) is 24.4 Å². The van der Waals surface area contributed by atoms with E-state index in [2.05, 4.69) is 15.0 Å². The maximum Gasteiger partial charge on any atom is 0.254 e. The van der Waals surface area contributed by atoms with Crippen LogP contribution in [0.1, 0.15) is 16.1 Å². The molecule has 8 heteroatoms. The zero-order valence-corrected chi connectivity index (χ0v) is 18.8. The number of pyridine rings is 1. The Morgan fingerprint density at radius 1 is 1.09 bits per heavy atom. The number of hydrogen-bond donors (Lipinski definition) is 0. The summed E-state index contributed by atoms with van der Waals surface area (Å²) in [5.74, 6) is 0.582. The van der Waals surface area contributed by atoms with Crippen LogP contribution in [-0.2, 0) is 4.74 Å². The van der Waals surface area contributed by atoms with Crippen molar-refractivity contribution in [1.82, 2.24) is 24.4 Å². The minimum Gasteiger partial charge on any atom is -0.378 e. The normalized spacial score (nSPS) is 14.1. The van der Waals surface area contributed by atoms with Crippen molar-refractivity contribution < 1.29 is 9.53 Å². The molecule has 1 aliphatic rings. The van der Waals surface area contributed by atoms with Gasteiger partial charge in [-0.1, -0.05) is 12.1 Å². The number of nitrogens with zero attached hydrogens (tertiary/aromatic N) is 5. The van der Waals surface area contributed by atoms with Gasteiger partial charge in [0.1, 0.15) is 0 Å². The van der Waals surface area contributed by atoms with Gasteiger partial charge in [-0.25, -0.2) is 9.97 Å². The minimum atomic E-state index is 0.0236. The summed E-state index contributed by atoms with van der Waals surface area (Å²) in [5, 5.41) is 1.07. The summed E-state index contributed by atoms with van der Waals surface area (Å²) < 4.78 is 7.33. The second kappa shape index (κ2) is 8.72. The van der Waals surface area contributed by atoms with E-state index in [1.807, 2.05) is 65.2 Å². The summed E-state index contributed by atoms with van der Waals surface area (Å²) in [6, 6.07) is 11.7. The highest BCUT2D eigenvalue weighted by Gasteiger charge is 2.20. The number of hydrogen-bond acceptors (Lipinski definition) is 6. The highest BCUT2D eigenvalue weighted by atomic mass is 32.2. The number of amides is 1. The zero-order chi connectivity index (χ0) is 22.1. The molecule has 1 fully saturated rings. The number of aryl methyl sites for hydroxylation is 1. The molecule has 5 rings (SSSR count). The number of benzene rings is 1. The van der Waals surface area contributed by atoms with E-state index in [1.54, 1.807) is 24.2 Å². The standard InChI is InChI=1S/C24H23N5O2S/c1-16-4-3-5-20(27-16)18-13-25-24(26-14-18)29-15-22(32-2)19-7-6-17(12-21(19)29)23(30)28-8-10-31-11-9-28/h3-7,12-15H,8-11H2,1-2H3. The van der Waals surface area contributed by atoms with Crippen LogP contribution in [0.5, 0.6) is 0 Å². The summed E-state index contributed by atoms with van der Waals surface area (Å²) in [6.07, 6.45) is 7.65. The lowest BCUT2D eigenvalue weighted by atomic mass is 10.1. The maximum absolute atomic E-state index is 13.0. The molecule has 0 bridgehead atoms. The third-order valence-corrected chi connectivity index (χ3v) is 6.34. The Labute approximate surface area is 190 Å². The average Bonchev–Trinajstić information content (AvgIpc) is 3.22. The van der Waals surface area contributed by atoms with Gasteiger partial charge in [-0.2, -0.15) is 0 Å². The van der Waals surface area contributed by atoms with Crippen LogP contribution < -0.4 is 0 Å². The molecule has 162 valence electrons. The first-order valence-electron chi connectivity index (χ1n) is 10.5. The molecule has 32 heavy (non-hydrogen) atoms. The van der Waals surface area contributed by atoms with Crippen molar-refractivity contribution in [2.24, 2.45) is 0 Å². The zero-order valence-electron chi connectivity index (χ0n) is 18.0. The van der Waals surface area contributed by atoms with Crippen molar-refractivity contribution in [3.63, 3.8) is 0 Å². The Bertz CT molecular complexity index is 1280. The van der Waals surface area contributed by atoms with Gasteiger partial charge in [0.15, 0.2) is 0 Å². The molecule has 0 unspecified atom stereocenters. The number of morpholine rings is 1. The second-order valence-electron chi connectivity index (χ2n) is 7.64. The van der Waals surface area contributed by atoms with E-state index in [0.29, 0.717) is 37.8 Å². The summed E-state index contributed by atoms with van der Waals surface area (Å²) in [7, 11) is 0. The smallest absolute Gasteiger partial charge is 0.254 e. The third-order valence-electron chi connectivity index (χ3n) is 5.57. The van der Waals surface area contributed by atoms with Crippen molar-refractivity contribution in [2.45, 2.75) is 11.8 Å². The van der Waals surface area contributed by atoms with E-state index >= 15 is 0 Å². The van der Waals surface area contributed by atoms with Crippen molar-refractivity contribution in [2.75, 3.05) is 32.6 Å². The molecule has 4 aromatic rings. The maximum atomic E-state index is 13.0. The van der Waals surface area contributed by atoms with Crippen molar-refractivity contribution >= 4 is 28.6 Å². The van der Waals surface area contributed by atoms with Crippen molar-refractivity contribution in [3.8, 4) is 17.2 Å². The summed E-state index contributed by atoms with van der Waals surface area (Å²) >= 11 is 1.66. The van der Waals surface area contributed by atoms with Crippen molar-refractivity contribution in [1.29, 1.82) is 0 Å². The number of rotatable bonds is 4. The van der Waals surface area contributed by atoms with E-state index in [9.17, 15) is 4.79 Å². The monoisotopic (exact) mass is 445 g/mol. The molecular weight excluding hydrogens is 422 g/mol. The lowest BCUT2D eigenvalue weighted by Gasteiger charge is -2.26. The molecule has 0 atom stereocenters. The Hall–Kier alpha value is -3.23. The van der Waals surface area contributed by atoms with Crippen LogP contribution in [0.25, 0.3) is 28.1 Å². The number of thioether (sulfide) groups is 1. The lowest BCUT2D eigenvalue weighted by Crippen LogP contribution is -2.40. The fourth-order valence-electron chi connectivity index (χ4n) is 3.89. The van der Waals surface area contributed by atoms with Crippen LogP contribution in [0.3, 0.4) is 0 Å². The number of carbonyl (C=O) groups is 1. The van der Waals surface area contributed by atoms with E-state index in [1.165, 1.54) is 0 Å². The largest absolute Gasteiger partial charge is 0.378 e. The van der Waals surface area contributed by atoms with Crippen LogP contribution in [-0.4, -0.2) is 62.9 Å². The summed E-state index contributed by atoms with van der Waals surface area (Å²) in [5.41, 5.74) is 4.23. The first-order valence-corrected chi connectivity index (χ1v) is 11.7. The third kappa shape index (κ3) is 3.87. The predicted molar refractivity (Wildman–Crippen MR) is 125 cm³/mol. The Balaban J connectivity index is 1.53. The molecule has 0 saturated carbocycles. The van der Waals surface area contributed by atoms with Crippen LogP contribution in [0, 0.1) is 6.92 Å². The summed E-state index contributed by atoms with van der Waals surface area (Å²) in [4.78, 5) is 29.7. The van der Waals surface area contributed by atoms with E-state index in [-0.39, 0.29) is 5.91 Å². The van der Waals surface area contributed by atoms with Gasteiger partial charge in [-0.05, 0) is 37.4 Å². The first kappa shape index (κ1) is 20.7. The molecular formula is C24H23N5O2S. The lowest BCUT2D eigenvalue weighted by molar-refractivity contribution is 0.0303. The quantitative estimate of drug-likeness (QED) is 0.443. The topological polar surface area (TPSA) is 73.1 Å². The molecule has 1 amide bonds. The van der Waals surface area contributed by atoms with Crippen LogP contribution >= 0.6 is 11.8 Å². The van der Waals surface area contributed by atoms with Gasteiger partial charge in [0, 0.05) is 58.8 Å². The molecule has 0 radical (unpaired) electrons. The van der Waals surface area contributed by atoms with Crippen LogP contribution in [0.2, 0.25) is 0 Å². The van der Waals surface area contributed by atoms with Crippen molar-refractivity contribution in [3.05, 3.63) is 66.2 Å². The second-order valence-corrected chi connectivity index (χ2v) is 8.49. The number of aromatic nitrogens is 4. The van der Waals surface area contributed by atoms with Gasteiger partial charge in [-0.3, -0.25) is 14.3 Å². The summed E-state index contributed by atoms with van der Waals surface area (Å²) in [6.45, 7) is 4.36. The van der Waals surface area contributed by atoms with Crippen LogP contribution in [0.15, 0.2) is 59.9 Å². The van der Waals surface area contributed by atoms with E-state index < -0.39 is 0 Å². The Kier molecular flexibility index (Phi) is 5.63. The number of ether oxygens (including phenoxy) is 1.